The lowest BCUT2D eigenvalue weighted by atomic mass is 10.0. The fourth-order valence-corrected chi connectivity index (χ4v) is 4.29. The standard InChI is InChI=1S/C10H11Br2ClS/c1-5(6-2-3-6)9(12)8-4-7(11)10(13)14-8/h4-6,9H,2-3H2,1H3. The molecule has 0 aliphatic heterocycles. The van der Waals surface area contributed by atoms with Crippen LogP contribution in [0.3, 0.4) is 0 Å². The largest absolute Gasteiger partial charge is 0.126 e. The molecule has 1 aliphatic carbocycles. The maximum absolute atomic E-state index is 6.02. The molecule has 0 N–H and O–H groups in total. The highest BCUT2D eigenvalue weighted by Crippen LogP contribution is 2.49. The van der Waals surface area contributed by atoms with E-state index in [4.69, 9.17) is 11.6 Å². The molecule has 4 heteroatoms. The topological polar surface area (TPSA) is 0 Å². The summed E-state index contributed by atoms with van der Waals surface area (Å²) in [6, 6.07) is 2.13. The summed E-state index contributed by atoms with van der Waals surface area (Å²) in [4.78, 5) is 1.80. The zero-order valence-electron chi connectivity index (χ0n) is 7.77. The van der Waals surface area contributed by atoms with Gasteiger partial charge in [0.2, 0.25) is 0 Å². The predicted octanol–water partition coefficient (Wildman–Crippen LogP) is 5.65. The molecule has 0 nitrogen and oxygen atoms in total. The Bertz CT molecular complexity index is 313. The lowest BCUT2D eigenvalue weighted by Crippen LogP contribution is -2.03. The van der Waals surface area contributed by atoms with Crippen molar-refractivity contribution in [2.24, 2.45) is 11.8 Å². The highest BCUT2D eigenvalue weighted by Gasteiger charge is 2.33. The molecule has 0 radical (unpaired) electrons. The van der Waals surface area contributed by atoms with Gasteiger partial charge in [0, 0.05) is 9.35 Å². The number of rotatable bonds is 3. The quantitative estimate of drug-likeness (QED) is 0.613. The molecule has 0 saturated heterocycles. The number of thiophene rings is 1. The zero-order valence-corrected chi connectivity index (χ0v) is 12.5. The van der Waals surface area contributed by atoms with Crippen LogP contribution in [0, 0.1) is 11.8 Å². The minimum Gasteiger partial charge on any atom is -0.126 e. The van der Waals surface area contributed by atoms with Crippen molar-refractivity contribution in [3.63, 3.8) is 0 Å². The Hall–Kier alpha value is 0.950. The normalized spacial score (nSPS) is 20.9. The summed E-state index contributed by atoms with van der Waals surface area (Å²) in [5, 5.41) is 0. The fraction of sp³-hybridized carbons (Fsp3) is 0.600. The molecular formula is C10H11Br2ClS. The van der Waals surface area contributed by atoms with Crippen LogP contribution in [0.2, 0.25) is 4.34 Å². The molecule has 1 heterocycles. The van der Waals surface area contributed by atoms with E-state index in [1.165, 1.54) is 17.7 Å². The third kappa shape index (κ3) is 2.37. The maximum atomic E-state index is 6.02. The first-order chi connectivity index (χ1) is 6.59. The molecule has 1 aliphatic rings. The zero-order chi connectivity index (χ0) is 10.3. The van der Waals surface area contributed by atoms with Gasteiger partial charge in [-0.15, -0.1) is 11.3 Å². The van der Waals surface area contributed by atoms with Crippen LogP contribution in [0.5, 0.6) is 0 Å². The second-order valence-electron chi connectivity index (χ2n) is 3.87. The Labute approximate surface area is 110 Å². The smallest absolute Gasteiger partial charge is 0.107 e. The molecule has 14 heavy (non-hydrogen) atoms. The van der Waals surface area contributed by atoms with Crippen LogP contribution in [0.4, 0.5) is 0 Å². The van der Waals surface area contributed by atoms with E-state index in [1.807, 2.05) is 0 Å². The molecule has 0 aromatic carbocycles. The molecule has 0 bridgehead atoms. The molecule has 1 aromatic heterocycles. The van der Waals surface area contributed by atoms with E-state index < -0.39 is 0 Å². The third-order valence-electron chi connectivity index (χ3n) is 2.76. The van der Waals surface area contributed by atoms with Crippen molar-refractivity contribution >= 4 is 54.8 Å². The van der Waals surface area contributed by atoms with Gasteiger partial charge >= 0.3 is 0 Å². The van der Waals surface area contributed by atoms with E-state index >= 15 is 0 Å². The first-order valence-electron chi connectivity index (χ1n) is 4.68. The minimum atomic E-state index is 0.462. The van der Waals surface area contributed by atoms with E-state index in [0.29, 0.717) is 4.83 Å². The van der Waals surface area contributed by atoms with E-state index in [9.17, 15) is 0 Å². The number of halogens is 3. The molecule has 0 amide bonds. The summed E-state index contributed by atoms with van der Waals surface area (Å²) in [7, 11) is 0. The molecule has 2 atom stereocenters. The van der Waals surface area contributed by atoms with Gasteiger partial charge in [0.15, 0.2) is 0 Å². The van der Waals surface area contributed by atoms with Crippen molar-refractivity contribution in [3.05, 3.63) is 19.8 Å². The number of alkyl halides is 1. The average molecular weight is 359 g/mol. The summed E-state index contributed by atoms with van der Waals surface area (Å²) in [6.07, 6.45) is 2.78. The Morgan fingerprint density at radius 2 is 2.21 bits per heavy atom. The summed E-state index contributed by atoms with van der Waals surface area (Å²) < 4.78 is 1.87. The summed E-state index contributed by atoms with van der Waals surface area (Å²) in [5.41, 5.74) is 0. The van der Waals surface area contributed by atoms with Gasteiger partial charge < -0.3 is 0 Å². The van der Waals surface area contributed by atoms with Crippen molar-refractivity contribution in [1.82, 2.24) is 0 Å². The van der Waals surface area contributed by atoms with E-state index in [1.54, 1.807) is 11.3 Å². The molecule has 1 saturated carbocycles. The highest BCUT2D eigenvalue weighted by molar-refractivity contribution is 9.10. The van der Waals surface area contributed by atoms with Crippen LogP contribution in [0.1, 0.15) is 29.5 Å². The monoisotopic (exact) mass is 356 g/mol. The average Bonchev–Trinajstić information content (AvgIpc) is 2.93. The minimum absolute atomic E-state index is 0.462. The first-order valence-corrected chi connectivity index (χ1v) is 7.58. The fourth-order valence-electron chi connectivity index (χ4n) is 1.62. The van der Waals surface area contributed by atoms with Gasteiger partial charge in [-0.25, -0.2) is 0 Å². The van der Waals surface area contributed by atoms with Crippen molar-refractivity contribution in [2.45, 2.75) is 24.6 Å². The molecule has 2 unspecified atom stereocenters. The summed E-state index contributed by atoms with van der Waals surface area (Å²) in [5.74, 6) is 1.63. The molecule has 0 spiro atoms. The highest BCUT2D eigenvalue weighted by atomic mass is 79.9. The lowest BCUT2D eigenvalue weighted by Gasteiger charge is -2.15. The number of hydrogen-bond acceptors (Lipinski definition) is 1. The Balaban J connectivity index is 2.13. The first kappa shape index (κ1) is 11.4. The maximum Gasteiger partial charge on any atom is 0.107 e. The van der Waals surface area contributed by atoms with Crippen molar-refractivity contribution in [2.75, 3.05) is 0 Å². The Morgan fingerprint density at radius 1 is 1.57 bits per heavy atom. The van der Waals surface area contributed by atoms with E-state index in [0.717, 1.165) is 20.6 Å². The van der Waals surface area contributed by atoms with Crippen LogP contribution in [0.25, 0.3) is 0 Å². The molecule has 78 valence electrons. The van der Waals surface area contributed by atoms with Gasteiger partial charge in [0.1, 0.15) is 4.34 Å². The van der Waals surface area contributed by atoms with Crippen molar-refractivity contribution in [3.8, 4) is 0 Å². The third-order valence-corrected chi connectivity index (χ3v) is 6.95. The van der Waals surface area contributed by atoms with Gasteiger partial charge in [-0.1, -0.05) is 34.5 Å². The summed E-state index contributed by atoms with van der Waals surface area (Å²) >= 11 is 14.9. The van der Waals surface area contributed by atoms with Gasteiger partial charge in [-0.3, -0.25) is 0 Å². The van der Waals surface area contributed by atoms with Gasteiger partial charge in [-0.2, -0.15) is 0 Å². The molecule has 1 fully saturated rings. The van der Waals surface area contributed by atoms with Gasteiger partial charge in [0.25, 0.3) is 0 Å². The molecule has 2 rings (SSSR count). The van der Waals surface area contributed by atoms with E-state index in [-0.39, 0.29) is 0 Å². The second-order valence-corrected chi connectivity index (χ2v) is 7.40. The SMILES string of the molecule is CC(C1CC1)C(Br)c1cc(Br)c(Cl)s1. The van der Waals surface area contributed by atoms with Crippen LogP contribution in [0.15, 0.2) is 10.5 Å². The van der Waals surface area contributed by atoms with Crippen molar-refractivity contribution < 1.29 is 0 Å². The lowest BCUT2D eigenvalue weighted by molar-refractivity contribution is 0.506. The Kier molecular flexibility index (Phi) is 3.63. The van der Waals surface area contributed by atoms with Gasteiger partial charge in [-0.05, 0) is 46.7 Å². The predicted molar refractivity (Wildman–Crippen MR) is 70.6 cm³/mol. The van der Waals surface area contributed by atoms with Crippen molar-refractivity contribution in [1.29, 1.82) is 0 Å². The Morgan fingerprint density at radius 3 is 2.64 bits per heavy atom. The molecular weight excluding hydrogens is 347 g/mol. The second kappa shape index (κ2) is 4.44. The molecule has 1 aromatic rings. The summed E-state index contributed by atoms with van der Waals surface area (Å²) in [6.45, 7) is 2.32. The van der Waals surface area contributed by atoms with Crippen LogP contribution in [-0.4, -0.2) is 0 Å². The van der Waals surface area contributed by atoms with Gasteiger partial charge in [0.05, 0.1) is 4.83 Å². The van der Waals surface area contributed by atoms with Crippen LogP contribution in [-0.2, 0) is 0 Å². The number of hydrogen-bond donors (Lipinski definition) is 0. The van der Waals surface area contributed by atoms with Crippen LogP contribution >= 0.6 is 54.8 Å². The van der Waals surface area contributed by atoms with Crippen LogP contribution < -0.4 is 0 Å². The van der Waals surface area contributed by atoms with E-state index in [2.05, 4.69) is 44.8 Å².